The Morgan fingerprint density at radius 2 is 1.65 bits per heavy atom. The van der Waals surface area contributed by atoms with Gasteiger partial charge in [0.05, 0.1) is 0 Å². The van der Waals surface area contributed by atoms with Crippen LogP contribution < -0.4 is 5.32 Å². The van der Waals surface area contributed by atoms with Crippen molar-refractivity contribution < 1.29 is 0 Å². The number of nitrogens with one attached hydrogen (secondary N) is 1. The second-order valence-corrected chi connectivity index (χ2v) is 8.23. The van der Waals surface area contributed by atoms with E-state index in [4.69, 9.17) is 0 Å². The van der Waals surface area contributed by atoms with E-state index in [2.05, 4.69) is 24.1 Å². The van der Waals surface area contributed by atoms with Gasteiger partial charge in [0.1, 0.15) is 0 Å². The molecule has 0 aromatic rings. The van der Waals surface area contributed by atoms with Gasteiger partial charge in [-0.25, -0.2) is 0 Å². The number of nitrogens with zero attached hydrogens (tertiary/aromatic N) is 1. The van der Waals surface area contributed by atoms with Crippen LogP contribution in [0, 0.1) is 5.92 Å². The lowest BCUT2D eigenvalue weighted by Gasteiger charge is -2.53. The molecule has 0 aromatic carbocycles. The zero-order valence-electron chi connectivity index (χ0n) is 13.7. The smallest absolute Gasteiger partial charge is 0.0334 e. The molecule has 116 valence electrons. The van der Waals surface area contributed by atoms with E-state index in [0.717, 1.165) is 5.92 Å². The van der Waals surface area contributed by atoms with Crippen LogP contribution in [0.5, 0.6) is 0 Å². The van der Waals surface area contributed by atoms with E-state index in [1.807, 2.05) is 0 Å². The average Bonchev–Trinajstić information content (AvgIpc) is 3.04. The molecule has 2 heteroatoms. The summed E-state index contributed by atoms with van der Waals surface area (Å²) in [7, 11) is 0. The zero-order chi connectivity index (χ0) is 14.1. The highest BCUT2D eigenvalue weighted by molar-refractivity contribution is 5.08. The molecule has 0 amide bonds. The fourth-order valence-electron chi connectivity index (χ4n) is 4.97. The van der Waals surface area contributed by atoms with Gasteiger partial charge < -0.3 is 5.32 Å². The van der Waals surface area contributed by atoms with Crippen LogP contribution in [0.15, 0.2) is 0 Å². The molecule has 2 nitrogen and oxygen atoms in total. The quantitative estimate of drug-likeness (QED) is 0.837. The van der Waals surface area contributed by atoms with Crippen LogP contribution in [0.2, 0.25) is 0 Å². The summed E-state index contributed by atoms with van der Waals surface area (Å²) in [4.78, 5) is 2.93. The third-order valence-electron chi connectivity index (χ3n) is 6.26. The molecule has 0 aromatic heterocycles. The molecule has 1 aliphatic heterocycles. The van der Waals surface area contributed by atoms with Crippen LogP contribution in [0.1, 0.15) is 78.1 Å². The molecule has 3 rings (SSSR count). The van der Waals surface area contributed by atoms with Gasteiger partial charge in [-0.2, -0.15) is 0 Å². The normalized spacial score (nSPS) is 28.9. The van der Waals surface area contributed by atoms with Crippen LogP contribution in [0.25, 0.3) is 0 Å². The molecular formula is C18H34N2. The van der Waals surface area contributed by atoms with Crippen molar-refractivity contribution in [3.8, 4) is 0 Å². The Labute approximate surface area is 125 Å². The van der Waals surface area contributed by atoms with Gasteiger partial charge in [-0.15, -0.1) is 0 Å². The van der Waals surface area contributed by atoms with Crippen molar-refractivity contribution in [2.24, 2.45) is 5.92 Å². The predicted octanol–water partition coefficient (Wildman–Crippen LogP) is 3.95. The third-order valence-corrected chi connectivity index (χ3v) is 6.26. The summed E-state index contributed by atoms with van der Waals surface area (Å²) < 4.78 is 0. The largest absolute Gasteiger partial charge is 0.308 e. The van der Waals surface area contributed by atoms with Crippen LogP contribution in [0.3, 0.4) is 0 Å². The lowest BCUT2D eigenvalue weighted by atomic mass is 9.84. The van der Waals surface area contributed by atoms with Gasteiger partial charge in [0.15, 0.2) is 0 Å². The zero-order valence-corrected chi connectivity index (χ0v) is 13.7. The molecule has 2 saturated carbocycles. The molecule has 2 spiro atoms. The minimum atomic E-state index is 0.492. The highest BCUT2D eigenvalue weighted by Crippen LogP contribution is 2.42. The number of piperazine rings is 1. The summed E-state index contributed by atoms with van der Waals surface area (Å²) in [5.41, 5.74) is 1.02. The molecule has 0 atom stereocenters. The molecule has 3 aliphatic rings. The Hall–Kier alpha value is -0.0800. The summed E-state index contributed by atoms with van der Waals surface area (Å²) in [5.74, 6) is 0.859. The Morgan fingerprint density at radius 1 is 1.00 bits per heavy atom. The summed E-state index contributed by atoms with van der Waals surface area (Å²) >= 11 is 0. The summed E-state index contributed by atoms with van der Waals surface area (Å²) in [6, 6.07) is 0. The molecule has 1 N–H and O–H groups in total. The molecule has 2 aliphatic carbocycles. The number of hydrogen-bond donors (Lipinski definition) is 1. The Morgan fingerprint density at radius 3 is 2.30 bits per heavy atom. The molecule has 20 heavy (non-hydrogen) atoms. The van der Waals surface area contributed by atoms with Crippen molar-refractivity contribution in [1.29, 1.82) is 0 Å². The van der Waals surface area contributed by atoms with E-state index in [1.54, 1.807) is 0 Å². The molecule has 0 unspecified atom stereocenters. The van der Waals surface area contributed by atoms with Crippen molar-refractivity contribution >= 4 is 0 Å². The number of hydrogen-bond acceptors (Lipinski definition) is 2. The van der Waals surface area contributed by atoms with E-state index in [1.165, 1.54) is 83.8 Å². The maximum absolute atomic E-state index is 4.01. The minimum Gasteiger partial charge on any atom is -0.308 e. The second kappa shape index (κ2) is 5.96. The standard InChI is InChI=1S/C18H34N2/c1-16(2)8-7-13-20-15-17(9-3-4-10-17)19-14-18(20)11-5-6-12-18/h16,19H,3-15H2,1-2H3. The SMILES string of the molecule is CC(C)CCCN1CC2(CCCC2)NCC12CCCC2. The third kappa shape index (κ3) is 2.92. The van der Waals surface area contributed by atoms with E-state index < -0.39 is 0 Å². The molecule has 1 saturated heterocycles. The lowest BCUT2D eigenvalue weighted by molar-refractivity contribution is 0.00765. The summed E-state index contributed by atoms with van der Waals surface area (Å²) in [6.45, 7) is 8.69. The van der Waals surface area contributed by atoms with E-state index in [9.17, 15) is 0 Å². The highest BCUT2D eigenvalue weighted by atomic mass is 15.3. The van der Waals surface area contributed by atoms with Crippen LogP contribution >= 0.6 is 0 Å². The van der Waals surface area contributed by atoms with Crippen molar-refractivity contribution in [3.05, 3.63) is 0 Å². The minimum absolute atomic E-state index is 0.492. The molecule has 0 bridgehead atoms. The average molecular weight is 278 g/mol. The first-order valence-corrected chi connectivity index (χ1v) is 9.14. The Bertz CT molecular complexity index is 311. The van der Waals surface area contributed by atoms with Crippen molar-refractivity contribution in [3.63, 3.8) is 0 Å². The van der Waals surface area contributed by atoms with Crippen LogP contribution in [0.4, 0.5) is 0 Å². The van der Waals surface area contributed by atoms with Gasteiger partial charge in [-0.3, -0.25) is 4.90 Å². The van der Waals surface area contributed by atoms with Gasteiger partial charge in [-0.05, 0) is 51.0 Å². The fraction of sp³-hybridized carbons (Fsp3) is 1.00. The van der Waals surface area contributed by atoms with E-state index in [-0.39, 0.29) is 0 Å². The van der Waals surface area contributed by atoms with Crippen LogP contribution in [-0.2, 0) is 0 Å². The molecule has 3 fully saturated rings. The van der Waals surface area contributed by atoms with Gasteiger partial charge in [0, 0.05) is 24.2 Å². The summed E-state index contributed by atoms with van der Waals surface area (Å²) in [5, 5.41) is 4.01. The first-order valence-electron chi connectivity index (χ1n) is 9.14. The Balaban J connectivity index is 1.65. The maximum atomic E-state index is 4.01. The predicted molar refractivity (Wildman–Crippen MR) is 86.0 cm³/mol. The van der Waals surface area contributed by atoms with Crippen molar-refractivity contribution in [1.82, 2.24) is 10.2 Å². The number of rotatable bonds is 4. The Kier molecular flexibility index (Phi) is 4.42. The van der Waals surface area contributed by atoms with Gasteiger partial charge in [0.25, 0.3) is 0 Å². The maximum Gasteiger partial charge on any atom is 0.0334 e. The molecule has 0 radical (unpaired) electrons. The van der Waals surface area contributed by atoms with E-state index >= 15 is 0 Å². The topological polar surface area (TPSA) is 15.3 Å². The van der Waals surface area contributed by atoms with Crippen molar-refractivity contribution in [2.45, 2.75) is 89.1 Å². The first-order chi connectivity index (χ1) is 9.64. The van der Waals surface area contributed by atoms with Crippen LogP contribution in [-0.4, -0.2) is 35.6 Å². The van der Waals surface area contributed by atoms with Gasteiger partial charge in [-0.1, -0.05) is 39.5 Å². The van der Waals surface area contributed by atoms with Gasteiger partial charge >= 0.3 is 0 Å². The monoisotopic (exact) mass is 278 g/mol. The van der Waals surface area contributed by atoms with E-state index in [0.29, 0.717) is 11.1 Å². The highest BCUT2D eigenvalue weighted by Gasteiger charge is 2.48. The molecule has 1 heterocycles. The first kappa shape index (κ1) is 14.8. The summed E-state index contributed by atoms with van der Waals surface area (Å²) in [6.07, 6.45) is 14.3. The van der Waals surface area contributed by atoms with Crippen molar-refractivity contribution in [2.75, 3.05) is 19.6 Å². The lowest BCUT2D eigenvalue weighted by Crippen LogP contribution is -2.68. The molecular weight excluding hydrogens is 244 g/mol. The fourth-order valence-corrected chi connectivity index (χ4v) is 4.97. The van der Waals surface area contributed by atoms with Gasteiger partial charge in [0.2, 0.25) is 0 Å². The second-order valence-electron chi connectivity index (χ2n) is 8.23.